The Morgan fingerprint density at radius 3 is 2.86 bits per heavy atom. The van der Waals surface area contributed by atoms with Crippen molar-refractivity contribution in [1.29, 1.82) is 0 Å². The van der Waals surface area contributed by atoms with Crippen molar-refractivity contribution in [2.24, 2.45) is 0 Å². The van der Waals surface area contributed by atoms with Gasteiger partial charge in [-0.05, 0) is 40.8 Å². The van der Waals surface area contributed by atoms with E-state index >= 15 is 0 Å². The number of halogens is 3. The van der Waals surface area contributed by atoms with Gasteiger partial charge in [-0.15, -0.1) is 0 Å². The van der Waals surface area contributed by atoms with Gasteiger partial charge in [0.2, 0.25) is 5.95 Å². The molecule has 3 aromatic rings. The first kappa shape index (κ1) is 14.5. The second-order valence-electron chi connectivity index (χ2n) is 4.02. The molecule has 1 aromatic carbocycles. The Labute approximate surface area is 142 Å². The van der Waals surface area contributed by atoms with E-state index in [0.29, 0.717) is 21.7 Å². The summed E-state index contributed by atoms with van der Waals surface area (Å²) >= 11 is 14.1. The minimum absolute atomic E-state index is 0.0827. The van der Waals surface area contributed by atoms with Crippen LogP contribution < -0.4 is 5.32 Å². The number of fused-ring (bicyclic) bond motifs is 1. The molecule has 0 bridgehead atoms. The lowest BCUT2D eigenvalue weighted by Crippen LogP contribution is -2.14. The number of aromatic amines is 1. The number of amides is 1. The molecule has 2 N–H and O–H groups in total. The highest BCUT2D eigenvalue weighted by Gasteiger charge is 2.13. The van der Waals surface area contributed by atoms with Gasteiger partial charge in [-0.2, -0.15) is 9.97 Å². The molecule has 1 amide bonds. The normalized spacial score (nSPS) is 10.8. The van der Waals surface area contributed by atoms with Crippen molar-refractivity contribution in [2.75, 3.05) is 5.32 Å². The average molecular weight is 434 g/mol. The third-order valence-corrected chi connectivity index (χ3v) is 4.49. The molecule has 2 aromatic heterocycles. The zero-order chi connectivity index (χ0) is 15.0. The summed E-state index contributed by atoms with van der Waals surface area (Å²) in [5, 5.41) is 3.26. The lowest BCUT2D eigenvalue weighted by atomic mass is 10.2. The smallest absolute Gasteiger partial charge is 0.258 e. The number of carbonyl (C=O) groups is 1. The van der Waals surface area contributed by atoms with Crippen molar-refractivity contribution >= 4 is 68.8 Å². The summed E-state index contributed by atoms with van der Waals surface area (Å²) in [7, 11) is 0. The Morgan fingerprint density at radius 1 is 1.29 bits per heavy atom. The van der Waals surface area contributed by atoms with Crippen LogP contribution in [0.15, 0.2) is 24.5 Å². The number of aromatic nitrogens is 4. The molecule has 0 saturated heterocycles. The van der Waals surface area contributed by atoms with Crippen LogP contribution in [0.3, 0.4) is 0 Å². The second-order valence-corrected chi connectivity index (χ2v) is 5.95. The summed E-state index contributed by atoms with van der Waals surface area (Å²) < 4.78 is 0.864. The van der Waals surface area contributed by atoms with Crippen LogP contribution in [0, 0.1) is 3.57 Å². The highest BCUT2D eigenvalue weighted by Crippen LogP contribution is 2.21. The standard InChI is InChI=1S/C12H6Cl2IN5O/c13-6-3-5(1-2-7(6)15)11(21)20-12-18-9(14)8-10(19-12)17-4-16-8/h1-4H,(H2,16,17,18,19,20,21). The van der Waals surface area contributed by atoms with Crippen LogP contribution in [-0.2, 0) is 0 Å². The second kappa shape index (κ2) is 5.74. The Morgan fingerprint density at radius 2 is 2.10 bits per heavy atom. The molecule has 0 spiro atoms. The number of H-pyrrole nitrogens is 1. The number of hydrogen-bond acceptors (Lipinski definition) is 4. The SMILES string of the molecule is O=C(Nc1nc(Cl)c2[nH]cnc2n1)c1ccc(I)c(Cl)c1. The van der Waals surface area contributed by atoms with E-state index in [-0.39, 0.29) is 17.0 Å². The predicted molar refractivity (Wildman–Crippen MR) is 88.8 cm³/mol. The lowest BCUT2D eigenvalue weighted by Gasteiger charge is -2.05. The minimum atomic E-state index is -0.376. The number of anilines is 1. The van der Waals surface area contributed by atoms with E-state index in [0.717, 1.165) is 3.57 Å². The number of hydrogen-bond donors (Lipinski definition) is 2. The largest absolute Gasteiger partial charge is 0.341 e. The summed E-state index contributed by atoms with van der Waals surface area (Å²) in [6, 6.07) is 4.99. The topological polar surface area (TPSA) is 83.6 Å². The number of nitrogens with one attached hydrogen (secondary N) is 2. The highest BCUT2D eigenvalue weighted by molar-refractivity contribution is 14.1. The third kappa shape index (κ3) is 2.94. The summed E-state index contributed by atoms with van der Waals surface area (Å²) in [4.78, 5) is 27.0. The molecule has 0 aliphatic rings. The Balaban J connectivity index is 1.90. The molecular weight excluding hydrogens is 428 g/mol. The van der Waals surface area contributed by atoms with Gasteiger partial charge < -0.3 is 4.98 Å². The molecule has 0 aliphatic heterocycles. The first-order chi connectivity index (χ1) is 10.0. The van der Waals surface area contributed by atoms with Crippen LogP contribution >= 0.6 is 45.8 Å². The summed E-state index contributed by atoms with van der Waals surface area (Å²) in [6.07, 6.45) is 1.45. The highest BCUT2D eigenvalue weighted by atomic mass is 127. The zero-order valence-corrected chi connectivity index (χ0v) is 13.9. The van der Waals surface area contributed by atoms with Gasteiger partial charge in [0, 0.05) is 9.13 Å². The Kier molecular flexibility index (Phi) is 3.96. The van der Waals surface area contributed by atoms with Crippen molar-refractivity contribution in [1.82, 2.24) is 19.9 Å². The van der Waals surface area contributed by atoms with Gasteiger partial charge >= 0.3 is 0 Å². The van der Waals surface area contributed by atoms with Crippen molar-refractivity contribution < 1.29 is 4.79 Å². The van der Waals surface area contributed by atoms with E-state index in [1.54, 1.807) is 18.2 Å². The molecule has 9 heteroatoms. The molecule has 0 fully saturated rings. The van der Waals surface area contributed by atoms with Crippen molar-refractivity contribution in [2.45, 2.75) is 0 Å². The van der Waals surface area contributed by atoms with Gasteiger partial charge in [0.1, 0.15) is 5.52 Å². The van der Waals surface area contributed by atoms with Crippen LogP contribution in [0.1, 0.15) is 10.4 Å². The maximum absolute atomic E-state index is 12.1. The van der Waals surface area contributed by atoms with Gasteiger partial charge in [-0.25, -0.2) is 4.98 Å². The monoisotopic (exact) mass is 433 g/mol. The van der Waals surface area contributed by atoms with E-state index in [4.69, 9.17) is 23.2 Å². The van der Waals surface area contributed by atoms with Crippen LogP contribution in [0.5, 0.6) is 0 Å². The maximum Gasteiger partial charge on any atom is 0.258 e. The quantitative estimate of drug-likeness (QED) is 0.478. The van der Waals surface area contributed by atoms with Crippen LogP contribution in [0.25, 0.3) is 11.2 Å². The van der Waals surface area contributed by atoms with E-state index in [2.05, 4.69) is 47.8 Å². The molecule has 0 saturated carbocycles. The van der Waals surface area contributed by atoms with Gasteiger partial charge in [0.15, 0.2) is 10.8 Å². The van der Waals surface area contributed by atoms with Crippen molar-refractivity contribution in [3.63, 3.8) is 0 Å². The summed E-state index contributed by atoms with van der Waals surface area (Å²) in [5.41, 5.74) is 1.31. The van der Waals surface area contributed by atoms with Crippen molar-refractivity contribution in [3.8, 4) is 0 Å². The zero-order valence-electron chi connectivity index (χ0n) is 10.2. The van der Waals surface area contributed by atoms with Gasteiger partial charge in [0.25, 0.3) is 5.91 Å². The fourth-order valence-corrected chi connectivity index (χ4v) is 2.40. The first-order valence-corrected chi connectivity index (χ1v) is 7.51. The molecule has 0 unspecified atom stereocenters. The van der Waals surface area contributed by atoms with Crippen LogP contribution in [0.2, 0.25) is 10.2 Å². The van der Waals surface area contributed by atoms with Crippen LogP contribution in [0.4, 0.5) is 5.95 Å². The third-order valence-electron chi connectivity index (χ3n) is 2.65. The van der Waals surface area contributed by atoms with Gasteiger partial charge in [0.05, 0.1) is 11.3 Å². The molecule has 2 heterocycles. The van der Waals surface area contributed by atoms with E-state index in [1.165, 1.54) is 6.33 Å². The number of imidazole rings is 1. The van der Waals surface area contributed by atoms with Crippen LogP contribution in [-0.4, -0.2) is 25.8 Å². The van der Waals surface area contributed by atoms with E-state index < -0.39 is 0 Å². The fraction of sp³-hybridized carbons (Fsp3) is 0. The molecule has 3 rings (SSSR count). The molecule has 21 heavy (non-hydrogen) atoms. The number of carbonyl (C=O) groups excluding carboxylic acids is 1. The Hall–Kier alpha value is -1.45. The minimum Gasteiger partial charge on any atom is -0.341 e. The molecule has 106 valence electrons. The number of rotatable bonds is 2. The molecule has 0 aliphatic carbocycles. The fourth-order valence-electron chi connectivity index (χ4n) is 1.66. The lowest BCUT2D eigenvalue weighted by molar-refractivity contribution is 0.102. The molecule has 6 nitrogen and oxygen atoms in total. The summed E-state index contributed by atoms with van der Waals surface area (Å²) in [6.45, 7) is 0. The van der Waals surface area contributed by atoms with E-state index in [1.807, 2.05) is 0 Å². The van der Waals surface area contributed by atoms with Gasteiger partial charge in [-0.1, -0.05) is 23.2 Å². The molecular formula is C12H6Cl2IN5O. The average Bonchev–Trinajstić information content (AvgIpc) is 2.90. The first-order valence-electron chi connectivity index (χ1n) is 5.67. The van der Waals surface area contributed by atoms with Crippen molar-refractivity contribution in [3.05, 3.63) is 43.8 Å². The predicted octanol–water partition coefficient (Wildman–Crippen LogP) is 3.52. The molecule has 0 atom stereocenters. The maximum atomic E-state index is 12.1. The summed E-state index contributed by atoms with van der Waals surface area (Å²) in [5.74, 6) is -0.293. The van der Waals surface area contributed by atoms with Gasteiger partial charge in [-0.3, -0.25) is 10.1 Å². The van der Waals surface area contributed by atoms with E-state index in [9.17, 15) is 4.79 Å². The Bertz CT molecular complexity index is 851. The molecule has 0 radical (unpaired) electrons. The number of nitrogens with zero attached hydrogens (tertiary/aromatic N) is 3. The number of benzene rings is 1.